The number of aromatic nitrogens is 1. The van der Waals surface area contributed by atoms with Crippen molar-refractivity contribution in [3.8, 4) is 21.9 Å². The van der Waals surface area contributed by atoms with Crippen LogP contribution in [-0.2, 0) is 11.8 Å². The lowest BCUT2D eigenvalue weighted by Crippen LogP contribution is -2.12. The SMILES string of the molecule is Cc1c(-c2oc3c(-c4cc(C(C)(C)C)c5ccccc5c4)nccc3c2C)sc2ccc(CC(C)C)cc12. The zero-order chi connectivity index (χ0) is 26.8. The van der Waals surface area contributed by atoms with E-state index >= 15 is 0 Å². The average Bonchev–Trinajstić information content (AvgIpc) is 3.38. The molecule has 0 aliphatic heterocycles. The van der Waals surface area contributed by atoms with E-state index in [4.69, 9.17) is 9.40 Å². The van der Waals surface area contributed by atoms with Crippen molar-refractivity contribution in [2.45, 2.75) is 60.3 Å². The highest BCUT2D eigenvalue weighted by molar-refractivity contribution is 7.22. The zero-order valence-electron chi connectivity index (χ0n) is 23.4. The molecule has 0 fully saturated rings. The van der Waals surface area contributed by atoms with Crippen molar-refractivity contribution in [3.05, 3.63) is 89.1 Å². The molecule has 3 aromatic heterocycles. The highest BCUT2D eigenvalue weighted by Crippen LogP contribution is 2.45. The first-order chi connectivity index (χ1) is 18.1. The minimum Gasteiger partial charge on any atom is -0.453 e. The molecule has 0 spiro atoms. The Morgan fingerprint density at radius 1 is 0.868 bits per heavy atom. The maximum Gasteiger partial charge on any atom is 0.161 e. The van der Waals surface area contributed by atoms with Gasteiger partial charge in [-0.25, -0.2) is 0 Å². The second-order valence-electron chi connectivity index (χ2n) is 12.1. The van der Waals surface area contributed by atoms with Crippen LogP contribution in [0.2, 0.25) is 0 Å². The van der Waals surface area contributed by atoms with Gasteiger partial charge in [0.2, 0.25) is 0 Å². The van der Waals surface area contributed by atoms with Gasteiger partial charge in [-0.05, 0) is 88.7 Å². The Balaban J connectivity index is 1.55. The van der Waals surface area contributed by atoms with Crippen molar-refractivity contribution < 1.29 is 4.42 Å². The van der Waals surface area contributed by atoms with Crippen molar-refractivity contribution >= 4 is 43.2 Å². The van der Waals surface area contributed by atoms with E-state index in [-0.39, 0.29) is 5.41 Å². The van der Waals surface area contributed by atoms with E-state index in [0.717, 1.165) is 34.4 Å². The molecular weight excluding hydrogens is 482 g/mol. The van der Waals surface area contributed by atoms with Gasteiger partial charge in [-0.2, -0.15) is 0 Å². The summed E-state index contributed by atoms with van der Waals surface area (Å²) in [7, 11) is 0. The van der Waals surface area contributed by atoms with E-state index in [1.807, 2.05) is 17.5 Å². The summed E-state index contributed by atoms with van der Waals surface area (Å²) < 4.78 is 8.07. The number of furan rings is 1. The minimum absolute atomic E-state index is 0.0103. The zero-order valence-corrected chi connectivity index (χ0v) is 24.2. The molecule has 0 N–H and O–H groups in total. The van der Waals surface area contributed by atoms with Crippen LogP contribution in [0.25, 0.3) is 53.7 Å². The Hall–Kier alpha value is -3.43. The van der Waals surface area contributed by atoms with Crippen LogP contribution in [0, 0.1) is 19.8 Å². The minimum atomic E-state index is 0.0103. The highest BCUT2D eigenvalue weighted by Gasteiger charge is 2.23. The number of benzene rings is 3. The van der Waals surface area contributed by atoms with Gasteiger partial charge in [0.15, 0.2) is 5.58 Å². The average molecular weight is 518 g/mol. The van der Waals surface area contributed by atoms with Crippen LogP contribution in [0.4, 0.5) is 0 Å². The second kappa shape index (κ2) is 9.10. The Bertz CT molecular complexity index is 1830. The molecule has 3 heterocycles. The Morgan fingerprint density at radius 2 is 1.66 bits per heavy atom. The quantitative estimate of drug-likeness (QED) is 0.232. The first kappa shape index (κ1) is 24.9. The largest absolute Gasteiger partial charge is 0.453 e. The van der Waals surface area contributed by atoms with Crippen LogP contribution in [0.5, 0.6) is 0 Å². The number of nitrogens with zero attached hydrogens (tertiary/aromatic N) is 1. The van der Waals surface area contributed by atoms with Gasteiger partial charge in [0.1, 0.15) is 11.5 Å². The topological polar surface area (TPSA) is 26.0 Å². The van der Waals surface area contributed by atoms with Crippen LogP contribution in [0.1, 0.15) is 56.9 Å². The molecule has 0 atom stereocenters. The lowest BCUT2D eigenvalue weighted by atomic mass is 9.82. The summed E-state index contributed by atoms with van der Waals surface area (Å²) in [5, 5.41) is 5.00. The molecule has 6 aromatic rings. The van der Waals surface area contributed by atoms with Gasteiger partial charge in [-0.15, -0.1) is 11.3 Å². The molecule has 38 heavy (non-hydrogen) atoms. The monoisotopic (exact) mass is 517 g/mol. The third-order valence-electron chi connectivity index (χ3n) is 7.65. The summed E-state index contributed by atoms with van der Waals surface area (Å²) in [6.45, 7) is 15.8. The maximum absolute atomic E-state index is 6.76. The van der Waals surface area contributed by atoms with E-state index < -0.39 is 0 Å². The standard InChI is InChI=1S/C35H35NOS/c1-20(2)16-23-12-13-30-28(17-23)22(4)34(38-30)32-21(3)26-14-15-36-31(33(26)37-32)25-18-24-10-8-9-11-27(24)29(19-25)35(5,6)7/h8-15,17-20H,16H2,1-7H3. The fourth-order valence-corrected chi connectivity index (χ4v) is 6.95. The molecular formula is C35H35NOS. The second-order valence-corrected chi connectivity index (χ2v) is 13.1. The first-order valence-electron chi connectivity index (χ1n) is 13.6. The normalized spacial score (nSPS) is 12.4. The van der Waals surface area contributed by atoms with Gasteiger partial charge < -0.3 is 4.42 Å². The van der Waals surface area contributed by atoms with E-state index in [9.17, 15) is 0 Å². The molecule has 0 saturated heterocycles. The van der Waals surface area contributed by atoms with Crippen molar-refractivity contribution in [2.24, 2.45) is 5.92 Å². The smallest absolute Gasteiger partial charge is 0.161 e. The molecule has 3 heteroatoms. The van der Waals surface area contributed by atoms with Crippen LogP contribution in [-0.4, -0.2) is 4.98 Å². The molecule has 0 amide bonds. The predicted octanol–water partition coefficient (Wildman–Crippen LogP) is 10.6. The summed E-state index contributed by atoms with van der Waals surface area (Å²) in [6.07, 6.45) is 3.02. The van der Waals surface area contributed by atoms with E-state index in [0.29, 0.717) is 5.92 Å². The fraction of sp³-hybridized carbons (Fsp3) is 0.286. The molecule has 0 radical (unpaired) electrons. The third-order valence-corrected chi connectivity index (χ3v) is 8.92. The van der Waals surface area contributed by atoms with E-state index in [1.165, 1.54) is 48.0 Å². The number of hydrogen-bond donors (Lipinski definition) is 0. The van der Waals surface area contributed by atoms with Gasteiger partial charge in [0.25, 0.3) is 0 Å². The van der Waals surface area contributed by atoms with Gasteiger partial charge in [0, 0.05) is 27.4 Å². The lowest BCUT2D eigenvalue weighted by Gasteiger charge is -2.22. The van der Waals surface area contributed by atoms with Gasteiger partial charge in [-0.1, -0.05) is 71.0 Å². The summed E-state index contributed by atoms with van der Waals surface area (Å²) in [4.78, 5) is 6.09. The molecule has 192 valence electrons. The first-order valence-corrected chi connectivity index (χ1v) is 14.4. The molecule has 2 nitrogen and oxygen atoms in total. The van der Waals surface area contributed by atoms with Gasteiger partial charge >= 0.3 is 0 Å². The van der Waals surface area contributed by atoms with Crippen LogP contribution >= 0.6 is 11.3 Å². The number of hydrogen-bond acceptors (Lipinski definition) is 3. The predicted molar refractivity (Wildman–Crippen MR) is 164 cm³/mol. The lowest BCUT2D eigenvalue weighted by molar-refractivity contribution is 0.596. The third kappa shape index (κ3) is 4.14. The number of aryl methyl sites for hydroxylation is 2. The summed E-state index contributed by atoms with van der Waals surface area (Å²) >= 11 is 1.83. The van der Waals surface area contributed by atoms with Gasteiger partial charge in [-0.3, -0.25) is 4.98 Å². The molecule has 3 aromatic carbocycles. The summed E-state index contributed by atoms with van der Waals surface area (Å²) in [5.74, 6) is 1.61. The highest BCUT2D eigenvalue weighted by atomic mass is 32.1. The van der Waals surface area contributed by atoms with Crippen molar-refractivity contribution in [2.75, 3.05) is 0 Å². The number of pyridine rings is 1. The summed E-state index contributed by atoms with van der Waals surface area (Å²) in [6, 6.07) is 22.2. The van der Waals surface area contributed by atoms with Crippen LogP contribution in [0.15, 0.2) is 71.3 Å². The Kier molecular flexibility index (Phi) is 5.96. The van der Waals surface area contributed by atoms with E-state index in [2.05, 4.69) is 109 Å². The number of fused-ring (bicyclic) bond motifs is 3. The Labute approximate surface area is 229 Å². The van der Waals surface area contributed by atoms with Crippen LogP contribution < -0.4 is 0 Å². The Morgan fingerprint density at radius 3 is 2.42 bits per heavy atom. The van der Waals surface area contributed by atoms with Crippen molar-refractivity contribution in [1.29, 1.82) is 0 Å². The molecule has 6 rings (SSSR count). The fourth-order valence-electron chi connectivity index (χ4n) is 5.72. The number of thiophene rings is 1. The van der Waals surface area contributed by atoms with Crippen molar-refractivity contribution in [3.63, 3.8) is 0 Å². The molecule has 0 aliphatic rings. The van der Waals surface area contributed by atoms with E-state index in [1.54, 1.807) is 0 Å². The maximum atomic E-state index is 6.76. The summed E-state index contributed by atoms with van der Waals surface area (Å²) in [5.41, 5.74) is 8.09. The van der Waals surface area contributed by atoms with Crippen molar-refractivity contribution in [1.82, 2.24) is 4.98 Å². The molecule has 0 saturated carbocycles. The molecule has 0 unspecified atom stereocenters. The molecule has 0 aliphatic carbocycles. The molecule has 0 bridgehead atoms. The van der Waals surface area contributed by atoms with Crippen LogP contribution in [0.3, 0.4) is 0 Å². The van der Waals surface area contributed by atoms with Gasteiger partial charge in [0.05, 0.1) is 4.88 Å². The number of rotatable bonds is 4.